The molecule has 14 nitrogen and oxygen atoms in total. The second-order valence-corrected chi connectivity index (χ2v) is 31.6. The first-order chi connectivity index (χ1) is 60.7. The number of benzene rings is 16. The van der Waals surface area contributed by atoms with Crippen molar-refractivity contribution >= 4 is 161 Å². The maximum atomic E-state index is 4.90. The Morgan fingerprint density at radius 2 is 0.577 bits per heavy atom. The van der Waals surface area contributed by atoms with Gasteiger partial charge in [0.1, 0.15) is 5.65 Å². The van der Waals surface area contributed by atoms with Crippen LogP contribution in [0, 0.1) is 6.92 Å². The summed E-state index contributed by atoms with van der Waals surface area (Å²) in [5.74, 6) is 2.73. The number of aryl methyl sites for hydroxylation is 4. The van der Waals surface area contributed by atoms with Crippen LogP contribution in [0.2, 0.25) is 0 Å². The fourth-order valence-corrected chi connectivity index (χ4v) is 19.2. The highest BCUT2D eigenvalue weighted by Gasteiger charge is 2.32. The number of anilines is 5. The minimum atomic E-state index is 0.868. The molecule has 0 unspecified atom stereocenters. The fourth-order valence-electron chi connectivity index (χ4n) is 19.2. The largest absolute Gasteiger partial charge is 0.344 e. The molecule has 123 heavy (non-hydrogen) atoms. The van der Waals surface area contributed by atoms with E-state index < -0.39 is 0 Å². The van der Waals surface area contributed by atoms with E-state index >= 15 is 0 Å². The maximum Gasteiger partial charge on any atom is 0.218 e. The van der Waals surface area contributed by atoms with Crippen molar-refractivity contribution in [3.05, 3.63) is 400 Å². The minimum Gasteiger partial charge on any atom is -0.344 e. The molecule has 14 heteroatoms. The fraction of sp³-hybridized carbons (Fsp3) is 0.0459. The van der Waals surface area contributed by atoms with E-state index in [-0.39, 0.29) is 0 Å². The molecule has 11 heterocycles. The molecule has 0 saturated carbocycles. The summed E-state index contributed by atoms with van der Waals surface area (Å²) in [6.07, 6.45) is 0. The van der Waals surface area contributed by atoms with Gasteiger partial charge >= 0.3 is 0 Å². The molecular formula is C109H80N14. The Kier molecular flexibility index (Phi) is 17.0. The molecule has 9 aromatic heterocycles. The van der Waals surface area contributed by atoms with E-state index in [0.717, 1.165) is 72.6 Å². The van der Waals surface area contributed by atoms with Crippen LogP contribution in [0.3, 0.4) is 0 Å². The zero-order valence-corrected chi connectivity index (χ0v) is 68.3. The topological polar surface area (TPSA) is 95.4 Å². The molecule has 16 aromatic carbocycles. The lowest BCUT2D eigenvalue weighted by molar-refractivity contribution is 0.913. The quantitative estimate of drug-likeness (QED) is 0.160. The number of fused-ring (bicyclic) bond motifs is 36. The van der Waals surface area contributed by atoms with Gasteiger partial charge in [0, 0.05) is 106 Å². The molecule has 586 valence electrons. The zero-order valence-electron chi connectivity index (χ0n) is 68.3. The van der Waals surface area contributed by atoms with Crippen molar-refractivity contribution in [1.29, 1.82) is 0 Å². The average molecular weight is 1590 g/mol. The summed E-state index contributed by atoms with van der Waals surface area (Å²) in [4.78, 5) is 24.1. The van der Waals surface area contributed by atoms with E-state index in [1.165, 1.54) is 144 Å². The van der Waals surface area contributed by atoms with Crippen LogP contribution in [-0.4, -0.2) is 62.9 Å². The number of hydrogen-bond acceptors (Lipinski definition) is 6. The average Bonchev–Trinajstić information content (AvgIpc) is 1.62. The lowest BCUT2D eigenvalue weighted by atomic mass is 9.98. The molecule has 0 atom stereocenters. The van der Waals surface area contributed by atoms with E-state index in [2.05, 4.69) is 449 Å². The van der Waals surface area contributed by atoms with Crippen LogP contribution >= 0.6 is 0 Å². The van der Waals surface area contributed by atoms with Crippen molar-refractivity contribution in [2.45, 2.75) is 6.92 Å². The predicted molar refractivity (Wildman–Crippen MR) is 510 cm³/mol. The number of imidazole rings is 5. The zero-order chi connectivity index (χ0) is 82.1. The van der Waals surface area contributed by atoms with Gasteiger partial charge in [-0.15, -0.1) is 0 Å². The summed E-state index contributed by atoms with van der Waals surface area (Å²) in [6, 6.07) is 139. The molecule has 0 spiro atoms. The maximum absolute atomic E-state index is 4.90. The van der Waals surface area contributed by atoms with E-state index in [1.54, 1.807) is 0 Å². The Labute approximate surface area is 707 Å². The molecule has 0 fully saturated rings. The first-order valence-corrected chi connectivity index (χ1v) is 41.7. The van der Waals surface area contributed by atoms with Gasteiger partial charge in [-0.25, -0.2) is 19.9 Å². The normalized spacial score (nSPS) is 12.1. The predicted octanol–water partition coefficient (Wildman–Crippen LogP) is 26.8. The van der Waals surface area contributed by atoms with Gasteiger partial charge in [-0.1, -0.05) is 254 Å². The molecule has 2 aliphatic heterocycles. The van der Waals surface area contributed by atoms with Gasteiger partial charge in [0.05, 0.1) is 106 Å². The third-order valence-corrected chi connectivity index (χ3v) is 24.7. The van der Waals surface area contributed by atoms with Crippen molar-refractivity contribution in [3.63, 3.8) is 0 Å². The Hall–Kier alpha value is -16.3. The SMILES string of the molecule is CN1c2ccccc2-c2c(n(-c3ccccc3)c3ccccc23)-c2ccccc21.Cc1ccc2c(c1)c1ccccc1c1nc3ccccc3n21.Cn1c2c(c3ccccc31)-c1ccccc1N(c1ccccc1)c1ccccc1-2.Cn1c2ccccc2n2c3ccccc3nc12.Cn1c2nc3ccccc3n2c2ccccc2n2c3ccccc3nc12. The lowest BCUT2D eigenvalue weighted by Gasteiger charge is -2.27. The van der Waals surface area contributed by atoms with Gasteiger partial charge < -0.3 is 23.5 Å². The molecule has 27 rings (SSSR count). The molecule has 0 saturated heterocycles. The van der Waals surface area contributed by atoms with Gasteiger partial charge in [0.25, 0.3) is 0 Å². The van der Waals surface area contributed by atoms with Crippen LogP contribution in [-0.2, 0) is 21.1 Å². The van der Waals surface area contributed by atoms with Crippen LogP contribution in [0.5, 0.6) is 0 Å². The summed E-state index contributed by atoms with van der Waals surface area (Å²) < 4.78 is 17.9. The Morgan fingerprint density at radius 3 is 1.13 bits per heavy atom. The minimum absolute atomic E-state index is 0.868. The second kappa shape index (κ2) is 29.0. The molecule has 0 aliphatic carbocycles. The number of hydrogen-bond donors (Lipinski definition) is 0. The number of rotatable bonds is 2. The van der Waals surface area contributed by atoms with E-state index in [1.807, 2.05) is 31.3 Å². The Morgan fingerprint density at radius 1 is 0.220 bits per heavy atom. The van der Waals surface area contributed by atoms with Crippen LogP contribution in [0.4, 0.5) is 28.4 Å². The van der Waals surface area contributed by atoms with Gasteiger partial charge in [-0.3, -0.25) is 22.2 Å². The molecule has 25 aromatic rings. The highest BCUT2D eigenvalue weighted by molar-refractivity contribution is 6.16. The van der Waals surface area contributed by atoms with Crippen LogP contribution in [0.25, 0.3) is 183 Å². The molecule has 0 N–H and O–H groups in total. The van der Waals surface area contributed by atoms with E-state index in [4.69, 9.17) is 15.0 Å². The number of pyridine rings is 1. The number of para-hydroxylation sites is 20. The smallest absolute Gasteiger partial charge is 0.218 e. The van der Waals surface area contributed by atoms with Crippen LogP contribution in [0.1, 0.15) is 5.56 Å². The summed E-state index contributed by atoms with van der Waals surface area (Å²) in [7, 11) is 8.43. The van der Waals surface area contributed by atoms with Gasteiger partial charge in [-0.05, 0) is 158 Å². The highest BCUT2D eigenvalue weighted by Crippen LogP contribution is 2.55. The van der Waals surface area contributed by atoms with Crippen LogP contribution in [0.15, 0.2) is 394 Å². The van der Waals surface area contributed by atoms with E-state index in [0.29, 0.717) is 0 Å². The van der Waals surface area contributed by atoms with Crippen molar-refractivity contribution < 1.29 is 0 Å². The Balaban J connectivity index is 0.0000000900. The number of aromatic nitrogens is 12. The molecule has 0 radical (unpaired) electrons. The summed E-state index contributed by atoms with van der Waals surface area (Å²) in [6.45, 7) is 2.14. The van der Waals surface area contributed by atoms with Crippen molar-refractivity contribution in [3.8, 4) is 50.5 Å². The van der Waals surface area contributed by atoms with Gasteiger partial charge in [0.15, 0.2) is 0 Å². The summed E-state index contributed by atoms with van der Waals surface area (Å²) in [5.41, 5.74) is 36.6. The standard InChI is InChI=1S/2C27H20N2.C21H15N5.C20H14N2.C14H11N3/c1-28-23-16-8-5-13-20(23)26-21-14-6-10-18-25(21)29(19-11-3-2-4-12-19)27(26)22-15-7-9-17-24(22)28;1-28-23-16-8-5-13-20(23)26-21-14-6-9-17-24(21)29(19-11-3-2-4-12-19)25-18-10-7-15-22(25)27(26)28;1-24-20-22-14-8-2-4-10-16(14)25(20)18-12-6-7-13-19(18)26-17-11-5-3-9-15(17)23-21(24)26;1-13-10-11-18-16(12-13)14-6-2-3-7-15(14)20-21-17-8-4-5-9-19(17)22(18)20;1-16-12-8-4-5-9-13(12)17-11-7-3-2-6-10(11)15-14(16)17/h2*2-18H,1H3;2-13H,1H3;2-12H,1H3;2-9H,1H3. The third-order valence-electron chi connectivity index (χ3n) is 24.7. The molecule has 0 amide bonds. The van der Waals surface area contributed by atoms with E-state index in [9.17, 15) is 0 Å². The van der Waals surface area contributed by atoms with Gasteiger partial charge in [-0.2, -0.15) is 0 Å². The summed E-state index contributed by atoms with van der Waals surface area (Å²) in [5, 5.41) is 6.33. The molecule has 2 aliphatic rings. The van der Waals surface area contributed by atoms with Crippen molar-refractivity contribution in [2.24, 2.45) is 21.1 Å². The molecule has 0 bridgehead atoms. The Bertz CT molecular complexity index is 8440. The van der Waals surface area contributed by atoms with Crippen LogP contribution < -0.4 is 9.80 Å². The highest BCUT2D eigenvalue weighted by atomic mass is 15.3. The first kappa shape index (κ1) is 72.0. The first-order valence-electron chi connectivity index (χ1n) is 41.7. The second-order valence-electron chi connectivity index (χ2n) is 31.6. The third kappa shape index (κ3) is 11.4. The molecular weight excluding hydrogens is 1510 g/mol. The lowest BCUT2D eigenvalue weighted by Crippen LogP contribution is -2.10. The summed E-state index contributed by atoms with van der Waals surface area (Å²) >= 11 is 0. The van der Waals surface area contributed by atoms with Crippen molar-refractivity contribution in [1.82, 2.24) is 55.8 Å². The number of nitrogens with zero attached hydrogens (tertiary/aromatic N) is 14. The van der Waals surface area contributed by atoms with Gasteiger partial charge in [0.2, 0.25) is 17.3 Å². The monoisotopic (exact) mass is 1580 g/mol. The van der Waals surface area contributed by atoms with Crippen molar-refractivity contribution in [2.75, 3.05) is 16.8 Å².